The van der Waals surface area contributed by atoms with Crippen LogP contribution in [0.3, 0.4) is 0 Å². The summed E-state index contributed by atoms with van der Waals surface area (Å²) in [7, 11) is 0. The predicted octanol–water partition coefficient (Wildman–Crippen LogP) is 4.68. The van der Waals surface area contributed by atoms with Gasteiger partial charge in [0, 0.05) is 15.8 Å². The lowest BCUT2D eigenvalue weighted by Gasteiger charge is -2.09. The molecule has 0 heterocycles. The Morgan fingerprint density at radius 2 is 1.60 bits per heavy atom. The lowest BCUT2D eigenvalue weighted by Crippen LogP contribution is -2.18. The van der Waals surface area contributed by atoms with Crippen LogP contribution in [0.25, 0.3) is 0 Å². The summed E-state index contributed by atoms with van der Waals surface area (Å²) in [5.74, 6) is 0.241. The molecule has 0 unspecified atom stereocenters. The van der Waals surface area contributed by atoms with Crippen molar-refractivity contribution in [2.45, 2.75) is 20.8 Å². The van der Waals surface area contributed by atoms with E-state index in [2.05, 4.69) is 26.6 Å². The Morgan fingerprint density at radius 1 is 0.920 bits per heavy atom. The fourth-order valence-corrected chi connectivity index (χ4v) is 3.16. The molecule has 0 saturated carbocycles. The second-order valence-corrected chi connectivity index (χ2v) is 7.71. The maximum Gasteiger partial charge on any atom is 0.234 e. The average molecular weight is 421 g/mol. The topological polar surface area (TPSA) is 58.2 Å². The first kappa shape index (κ1) is 19.5. The maximum atomic E-state index is 12.0. The van der Waals surface area contributed by atoms with Gasteiger partial charge in [0.2, 0.25) is 11.8 Å². The molecule has 2 aromatic carbocycles. The van der Waals surface area contributed by atoms with Crippen LogP contribution in [0.15, 0.2) is 40.9 Å². The Balaban J connectivity index is 1.76. The first-order valence-corrected chi connectivity index (χ1v) is 9.81. The molecule has 4 nitrogen and oxygen atoms in total. The number of rotatable bonds is 6. The van der Waals surface area contributed by atoms with Gasteiger partial charge in [0.25, 0.3) is 0 Å². The van der Waals surface area contributed by atoms with Crippen LogP contribution in [-0.2, 0) is 9.59 Å². The minimum Gasteiger partial charge on any atom is -0.325 e. The van der Waals surface area contributed by atoms with Gasteiger partial charge in [-0.05, 0) is 56.2 Å². The van der Waals surface area contributed by atoms with Crippen LogP contribution >= 0.6 is 27.7 Å². The fraction of sp³-hybridized carbons (Fsp3) is 0.263. The number of carbonyl (C=O) groups is 2. The highest BCUT2D eigenvalue weighted by molar-refractivity contribution is 9.10. The van der Waals surface area contributed by atoms with Crippen molar-refractivity contribution < 1.29 is 9.59 Å². The molecule has 132 valence electrons. The molecule has 25 heavy (non-hydrogen) atoms. The number of benzene rings is 2. The van der Waals surface area contributed by atoms with E-state index in [9.17, 15) is 9.59 Å². The van der Waals surface area contributed by atoms with E-state index in [1.54, 1.807) is 0 Å². The molecule has 0 saturated heterocycles. The zero-order chi connectivity index (χ0) is 18.4. The first-order chi connectivity index (χ1) is 11.8. The number of hydrogen-bond acceptors (Lipinski definition) is 3. The summed E-state index contributed by atoms with van der Waals surface area (Å²) in [6, 6.07) is 11.5. The number of carbonyl (C=O) groups excluding carboxylic acids is 2. The number of amides is 2. The molecule has 0 spiro atoms. The van der Waals surface area contributed by atoms with Gasteiger partial charge < -0.3 is 10.6 Å². The summed E-state index contributed by atoms with van der Waals surface area (Å²) < 4.78 is 1.00. The minimum absolute atomic E-state index is 0.107. The van der Waals surface area contributed by atoms with Gasteiger partial charge in [0.05, 0.1) is 11.5 Å². The van der Waals surface area contributed by atoms with Crippen LogP contribution in [0, 0.1) is 20.8 Å². The van der Waals surface area contributed by atoms with Gasteiger partial charge in [-0.3, -0.25) is 9.59 Å². The molecule has 0 aliphatic heterocycles. The highest BCUT2D eigenvalue weighted by Gasteiger charge is 2.08. The number of anilines is 2. The van der Waals surface area contributed by atoms with Crippen molar-refractivity contribution in [1.82, 2.24) is 0 Å². The van der Waals surface area contributed by atoms with Crippen molar-refractivity contribution in [1.29, 1.82) is 0 Å². The summed E-state index contributed by atoms with van der Waals surface area (Å²) >= 11 is 4.72. The molecule has 0 aromatic heterocycles. The normalized spacial score (nSPS) is 10.4. The zero-order valence-electron chi connectivity index (χ0n) is 14.5. The van der Waals surface area contributed by atoms with E-state index in [0.29, 0.717) is 0 Å². The summed E-state index contributed by atoms with van der Waals surface area (Å²) in [4.78, 5) is 24.0. The fourth-order valence-electron chi connectivity index (χ4n) is 2.30. The van der Waals surface area contributed by atoms with Gasteiger partial charge in [-0.25, -0.2) is 0 Å². The van der Waals surface area contributed by atoms with Gasteiger partial charge in [0.1, 0.15) is 0 Å². The van der Waals surface area contributed by atoms with E-state index in [4.69, 9.17) is 0 Å². The van der Waals surface area contributed by atoms with Crippen molar-refractivity contribution in [3.05, 3.63) is 57.6 Å². The van der Waals surface area contributed by atoms with E-state index in [1.165, 1.54) is 11.8 Å². The summed E-state index contributed by atoms with van der Waals surface area (Å²) in [6.45, 7) is 5.94. The Bertz CT molecular complexity index is 793. The predicted molar refractivity (Wildman–Crippen MR) is 109 cm³/mol. The quantitative estimate of drug-likeness (QED) is 0.712. The number of halogens is 1. The second kappa shape index (κ2) is 9.06. The third-order valence-corrected chi connectivity index (χ3v) is 5.39. The maximum absolute atomic E-state index is 12.0. The van der Waals surface area contributed by atoms with Gasteiger partial charge >= 0.3 is 0 Å². The van der Waals surface area contributed by atoms with E-state index >= 15 is 0 Å². The lowest BCUT2D eigenvalue weighted by molar-refractivity contribution is -0.114. The Hall–Kier alpha value is -1.79. The number of thioether (sulfide) groups is 1. The average Bonchev–Trinajstić information content (AvgIpc) is 2.54. The smallest absolute Gasteiger partial charge is 0.234 e. The molecule has 2 N–H and O–H groups in total. The van der Waals surface area contributed by atoms with Crippen molar-refractivity contribution in [3.63, 3.8) is 0 Å². The van der Waals surface area contributed by atoms with Crippen LogP contribution in [0.2, 0.25) is 0 Å². The van der Waals surface area contributed by atoms with Crippen LogP contribution in [0.4, 0.5) is 11.4 Å². The molecule has 0 radical (unpaired) electrons. The Labute approximate surface area is 160 Å². The molecule has 0 fully saturated rings. The van der Waals surface area contributed by atoms with E-state index in [1.807, 2.05) is 57.2 Å². The largest absolute Gasteiger partial charge is 0.325 e. The van der Waals surface area contributed by atoms with Crippen molar-refractivity contribution in [3.8, 4) is 0 Å². The van der Waals surface area contributed by atoms with Crippen LogP contribution in [-0.4, -0.2) is 23.3 Å². The number of aryl methyl sites for hydroxylation is 3. The van der Waals surface area contributed by atoms with Crippen LogP contribution in [0.5, 0.6) is 0 Å². The van der Waals surface area contributed by atoms with Gasteiger partial charge in [-0.2, -0.15) is 0 Å². The van der Waals surface area contributed by atoms with Gasteiger partial charge in [-0.1, -0.05) is 33.6 Å². The Morgan fingerprint density at radius 3 is 2.24 bits per heavy atom. The molecule has 0 atom stereocenters. The Kier molecular flexibility index (Phi) is 7.08. The summed E-state index contributed by atoms with van der Waals surface area (Å²) in [6.07, 6.45) is 0. The minimum atomic E-state index is -0.119. The highest BCUT2D eigenvalue weighted by Crippen LogP contribution is 2.20. The summed E-state index contributed by atoms with van der Waals surface area (Å²) in [5.41, 5.74) is 4.81. The molecule has 0 aliphatic carbocycles. The van der Waals surface area contributed by atoms with Gasteiger partial charge in [0.15, 0.2) is 0 Å². The molecule has 0 bridgehead atoms. The molecular formula is C19H21BrN2O2S. The standard InChI is InChI=1S/C19H21BrN2O2S/c1-12-4-7-17(14(3)8-12)22-19(24)11-25-10-18(23)21-15-5-6-16(20)13(2)9-15/h4-9H,10-11H2,1-3H3,(H,21,23)(H,22,24). The number of hydrogen-bond donors (Lipinski definition) is 2. The summed E-state index contributed by atoms with van der Waals surface area (Å²) in [5, 5.41) is 5.71. The van der Waals surface area contributed by atoms with Crippen molar-refractivity contribution in [2.24, 2.45) is 0 Å². The second-order valence-electron chi connectivity index (χ2n) is 5.87. The molecular weight excluding hydrogens is 400 g/mol. The third kappa shape index (κ3) is 6.21. The van der Waals surface area contributed by atoms with E-state index in [-0.39, 0.29) is 23.3 Å². The van der Waals surface area contributed by atoms with Crippen LogP contribution in [0.1, 0.15) is 16.7 Å². The molecule has 0 aliphatic rings. The van der Waals surface area contributed by atoms with E-state index in [0.717, 1.165) is 32.5 Å². The van der Waals surface area contributed by atoms with Crippen LogP contribution < -0.4 is 10.6 Å². The van der Waals surface area contributed by atoms with Gasteiger partial charge in [-0.15, -0.1) is 11.8 Å². The van der Waals surface area contributed by atoms with E-state index < -0.39 is 0 Å². The molecule has 2 rings (SSSR count). The van der Waals surface area contributed by atoms with Crippen molar-refractivity contribution >= 4 is 50.9 Å². The molecule has 2 amide bonds. The van der Waals surface area contributed by atoms with Crippen molar-refractivity contribution in [2.75, 3.05) is 22.1 Å². The molecule has 6 heteroatoms. The third-order valence-electron chi connectivity index (χ3n) is 3.56. The number of nitrogens with one attached hydrogen (secondary N) is 2. The monoisotopic (exact) mass is 420 g/mol. The lowest BCUT2D eigenvalue weighted by atomic mass is 10.1. The first-order valence-electron chi connectivity index (χ1n) is 7.86. The SMILES string of the molecule is Cc1ccc(NC(=O)CSCC(=O)Nc2ccc(Br)c(C)c2)c(C)c1. The highest BCUT2D eigenvalue weighted by atomic mass is 79.9. The zero-order valence-corrected chi connectivity index (χ0v) is 16.9. The molecule has 2 aromatic rings.